The minimum absolute atomic E-state index is 0.0399. The molecule has 2 amide bonds. The Labute approximate surface area is 240 Å². The molecule has 1 heterocycles. The number of rotatable bonds is 8. The number of ketones is 1. The second kappa shape index (κ2) is 12.1. The maximum Gasteiger partial charge on any atom is 0.408 e. The Morgan fingerprint density at radius 2 is 1.66 bits per heavy atom. The first-order chi connectivity index (χ1) is 19.4. The topological polar surface area (TPSA) is 119 Å². The Kier molecular flexibility index (Phi) is 8.82. The van der Waals surface area contributed by atoms with E-state index in [9.17, 15) is 22.8 Å². The lowest BCUT2D eigenvalue weighted by molar-refractivity contribution is -0.120. The van der Waals surface area contributed by atoms with E-state index < -0.39 is 39.2 Å². The maximum absolute atomic E-state index is 13.8. The number of sulfone groups is 1. The van der Waals surface area contributed by atoms with Crippen molar-refractivity contribution in [2.24, 2.45) is 0 Å². The standard InChI is InChI=1S/C31H34N2O7S/c1-31(2,3)40-30(36)32-25-20-41(37,38)28-17-13-23(27(34)16-12-21-10-14-24(39-4)15-11-21)18-26(28)33(29(25)35)19-22-8-6-5-7-9-22/h5-11,13-15,17-18,25H,12,16,19-20H2,1-4H3,(H,32,36)/t25-/m0/s1. The number of ether oxygens (including phenoxy) is 2. The molecule has 1 atom stereocenters. The average Bonchev–Trinajstić information content (AvgIpc) is 3.00. The number of nitrogens with zero attached hydrogens (tertiary/aromatic N) is 1. The highest BCUT2D eigenvalue weighted by Crippen LogP contribution is 2.33. The zero-order chi connectivity index (χ0) is 29.8. The summed E-state index contributed by atoms with van der Waals surface area (Å²) in [6.07, 6.45) is -0.230. The van der Waals surface area contributed by atoms with Gasteiger partial charge in [-0.25, -0.2) is 13.2 Å². The summed E-state index contributed by atoms with van der Waals surface area (Å²) in [6, 6.07) is 19.4. The van der Waals surface area contributed by atoms with Crippen molar-refractivity contribution in [3.05, 3.63) is 89.5 Å². The monoisotopic (exact) mass is 578 g/mol. The number of anilines is 1. The third kappa shape index (κ3) is 7.52. The number of carbonyl (C=O) groups is 3. The Balaban J connectivity index is 1.67. The molecule has 1 aliphatic heterocycles. The van der Waals surface area contributed by atoms with Gasteiger partial charge in [0.05, 0.1) is 30.0 Å². The van der Waals surface area contributed by atoms with Gasteiger partial charge in [0.25, 0.3) is 5.91 Å². The van der Waals surface area contributed by atoms with Crippen LogP contribution in [-0.4, -0.2) is 50.7 Å². The Morgan fingerprint density at radius 1 is 0.976 bits per heavy atom. The smallest absolute Gasteiger partial charge is 0.408 e. The van der Waals surface area contributed by atoms with Crippen molar-refractivity contribution >= 4 is 33.3 Å². The first-order valence-electron chi connectivity index (χ1n) is 13.2. The van der Waals surface area contributed by atoms with Crippen LogP contribution in [0, 0.1) is 0 Å². The number of alkyl carbamates (subject to hydrolysis) is 1. The summed E-state index contributed by atoms with van der Waals surface area (Å²) in [4.78, 5) is 40.8. The second-order valence-corrected chi connectivity index (χ2v) is 12.8. The van der Waals surface area contributed by atoms with Crippen molar-refractivity contribution in [1.29, 1.82) is 0 Å². The van der Waals surface area contributed by atoms with E-state index in [4.69, 9.17) is 9.47 Å². The third-order valence-corrected chi connectivity index (χ3v) is 8.32. The molecule has 1 aliphatic rings. The van der Waals surface area contributed by atoms with Crippen LogP contribution >= 0.6 is 0 Å². The van der Waals surface area contributed by atoms with Gasteiger partial charge < -0.3 is 19.7 Å². The fourth-order valence-electron chi connectivity index (χ4n) is 4.53. The van der Waals surface area contributed by atoms with Gasteiger partial charge in [0, 0.05) is 12.0 Å². The summed E-state index contributed by atoms with van der Waals surface area (Å²) >= 11 is 0. The molecular weight excluding hydrogens is 544 g/mol. The lowest BCUT2D eigenvalue weighted by Crippen LogP contribution is -2.51. The molecule has 0 radical (unpaired) electrons. The van der Waals surface area contributed by atoms with Gasteiger partial charge in [0.1, 0.15) is 17.4 Å². The van der Waals surface area contributed by atoms with E-state index in [1.54, 1.807) is 27.9 Å². The van der Waals surface area contributed by atoms with Crippen LogP contribution in [0.5, 0.6) is 5.75 Å². The molecule has 0 aliphatic carbocycles. The number of Topliss-reactive ketones (excluding diaryl/α,β-unsaturated/α-hetero) is 1. The minimum atomic E-state index is -4.04. The van der Waals surface area contributed by atoms with E-state index >= 15 is 0 Å². The van der Waals surface area contributed by atoms with E-state index in [1.807, 2.05) is 54.6 Å². The fourth-order valence-corrected chi connectivity index (χ4v) is 6.14. The highest BCUT2D eigenvalue weighted by atomic mass is 32.2. The van der Waals surface area contributed by atoms with E-state index in [1.165, 1.54) is 23.1 Å². The summed E-state index contributed by atoms with van der Waals surface area (Å²) in [6.45, 7) is 5.05. The third-order valence-electron chi connectivity index (χ3n) is 6.53. The number of amides is 2. The quantitative estimate of drug-likeness (QED) is 0.384. The van der Waals surface area contributed by atoms with Crippen molar-refractivity contribution in [2.75, 3.05) is 17.8 Å². The van der Waals surface area contributed by atoms with Crippen LogP contribution < -0.4 is 15.0 Å². The summed E-state index contributed by atoms with van der Waals surface area (Å²) in [7, 11) is -2.45. The molecule has 41 heavy (non-hydrogen) atoms. The lowest BCUT2D eigenvalue weighted by atomic mass is 10.0. The molecular formula is C31H34N2O7S. The van der Waals surface area contributed by atoms with Gasteiger partial charge in [-0.15, -0.1) is 0 Å². The number of carbonyl (C=O) groups excluding carboxylic acids is 3. The second-order valence-electron chi connectivity index (χ2n) is 10.8. The number of fused-ring (bicyclic) bond motifs is 1. The van der Waals surface area contributed by atoms with Crippen molar-refractivity contribution in [1.82, 2.24) is 5.32 Å². The van der Waals surface area contributed by atoms with Crippen molar-refractivity contribution < 1.29 is 32.3 Å². The van der Waals surface area contributed by atoms with E-state index in [2.05, 4.69) is 5.32 Å². The molecule has 0 spiro atoms. The fraction of sp³-hybridized carbons (Fsp3) is 0.323. The van der Waals surface area contributed by atoms with Gasteiger partial charge in [-0.2, -0.15) is 0 Å². The lowest BCUT2D eigenvalue weighted by Gasteiger charge is -2.27. The molecule has 10 heteroatoms. The molecule has 1 N–H and O–H groups in total. The van der Waals surface area contributed by atoms with E-state index in [0.717, 1.165) is 16.9 Å². The summed E-state index contributed by atoms with van der Waals surface area (Å²) in [5.74, 6) is -0.742. The molecule has 4 rings (SSSR count). The SMILES string of the molecule is COc1ccc(CCC(=O)c2ccc3c(c2)N(Cc2ccccc2)C(=O)[C@@H](NC(=O)OC(C)(C)C)CS3(=O)=O)cc1. The van der Waals surface area contributed by atoms with Gasteiger partial charge in [-0.1, -0.05) is 42.5 Å². The van der Waals surface area contributed by atoms with Crippen LogP contribution in [0.25, 0.3) is 0 Å². The minimum Gasteiger partial charge on any atom is -0.497 e. The number of hydrogen-bond donors (Lipinski definition) is 1. The normalized spacial score (nSPS) is 16.3. The van der Waals surface area contributed by atoms with Gasteiger partial charge in [-0.05, 0) is 68.7 Å². The number of benzene rings is 3. The van der Waals surface area contributed by atoms with Gasteiger partial charge in [0.15, 0.2) is 15.6 Å². The van der Waals surface area contributed by atoms with Crippen molar-refractivity contribution in [3.63, 3.8) is 0 Å². The van der Waals surface area contributed by atoms with Crippen LogP contribution in [0.4, 0.5) is 10.5 Å². The van der Waals surface area contributed by atoms with Crippen LogP contribution in [0.2, 0.25) is 0 Å². The average molecular weight is 579 g/mol. The molecule has 0 bridgehead atoms. The Bertz CT molecular complexity index is 1530. The molecule has 9 nitrogen and oxygen atoms in total. The van der Waals surface area contributed by atoms with Crippen LogP contribution in [0.1, 0.15) is 48.7 Å². The molecule has 216 valence electrons. The molecule has 0 unspecified atom stereocenters. The molecule has 3 aromatic rings. The highest BCUT2D eigenvalue weighted by molar-refractivity contribution is 7.91. The zero-order valence-corrected chi connectivity index (χ0v) is 24.4. The molecule has 3 aromatic carbocycles. The predicted molar refractivity (Wildman–Crippen MR) is 155 cm³/mol. The van der Waals surface area contributed by atoms with Crippen LogP contribution in [0.15, 0.2) is 77.7 Å². The summed E-state index contributed by atoms with van der Waals surface area (Å²) < 4.78 is 37.4. The molecule has 0 fully saturated rings. The zero-order valence-electron chi connectivity index (χ0n) is 23.5. The van der Waals surface area contributed by atoms with Crippen LogP contribution in [0.3, 0.4) is 0 Å². The number of aryl methyl sites for hydroxylation is 1. The van der Waals surface area contributed by atoms with Crippen molar-refractivity contribution in [2.45, 2.75) is 56.7 Å². The summed E-state index contributed by atoms with van der Waals surface area (Å²) in [5.41, 5.74) is 1.25. The first kappa shape index (κ1) is 29.8. The molecule has 0 saturated carbocycles. The first-order valence-corrected chi connectivity index (χ1v) is 14.9. The number of nitrogens with one attached hydrogen (secondary N) is 1. The van der Waals surface area contributed by atoms with E-state index in [0.29, 0.717) is 6.42 Å². The number of hydrogen-bond acceptors (Lipinski definition) is 7. The maximum atomic E-state index is 13.8. The van der Waals surface area contributed by atoms with Crippen LogP contribution in [-0.2, 0) is 32.3 Å². The Hall–Kier alpha value is -4.18. The summed E-state index contributed by atoms with van der Waals surface area (Å²) in [5, 5.41) is 2.45. The van der Waals surface area contributed by atoms with Crippen molar-refractivity contribution in [3.8, 4) is 5.75 Å². The highest BCUT2D eigenvalue weighted by Gasteiger charge is 2.39. The Morgan fingerprint density at radius 3 is 2.29 bits per heavy atom. The van der Waals surface area contributed by atoms with E-state index in [-0.39, 0.29) is 34.9 Å². The molecule has 0 aromatic heterocycles. The van der Waals surface area contributed by atoms with Gasteiger partial charge in [0.2, 0.25) is 0 Å². The van der Waals surface area contributed by atoms with Gasteiger partial charge >= 0.3 is 6.09 Å². The largest absolute Gasteiger partial charge is 0.497 e. The van der Waals surface area contributed by atoms with Gasteiger partial charge in [-0.3, -0.25) is 9.59 Å². The number of methoxy groups -OCH3 is 1. The predicted octanol–water partition coefficient (Wildman–Crippen LogP) is 4.72. The molecule has 0 saturated heterocycles.